The summed E-state index contributed by atoms with van der Waals surface area (Å²) in [6, 6.07) is 6.74. The molecule has 1 aliphatic heterocycles. The van der Waals surface area contributed by atoms with E-state index in [2.05, 4.69) is 0 Å². The summed E-state index contributed by atoms with van der Waals surface area (Å²) in [5, 5.41) is 10.0. The molecular weight excluding hydrogens is 248 g/mol. The Morgan fingerprint density at radius 2 is 1.53 bits per heavy atom. The van der Waals surface area contributed by atoms with E-state index in [4.69, 9.17) is 9.47 Å². The van der Waals surface area contributed by atoms with Gasteiger partial charge in [0.15, 0.2) is 5.57 Å². The van der Waals surface area contributed by atoms with Gasteiger partial charge in [0.2, 0.25) is 0 Å². The van der Waals surface area contributed by atoms with E-state index in [1.807, 2.05) is 6.92 Å². The van der Waals surface area contributed by atoms with Crippen molar-refractivity contribution < 1.29 is 24.2 Å². The predicted octanol–water partition coefficient (Wildman–Crippen LogP) is 2.10. The first-order valence-corrected chi connectivity index (χ1v) is 5.77. The summed E-state index contributed by atoms with van der Waals surface area (Å²) >= 11 is 0. The van der Waals surface area contributed by atoms with Crippen molar-refractivity contribution in [2.45, 2.75) is 26.6 Å². The highest BCUT2D eigenvalue weighted by atomic mass is 16.7. The molecule has 0 aromatic heterocycles. The second-order valence-corrected chi connectivity index (χ2v) is 4.77. The van der Waals surface area contributed by atoms with E-state index in [-0.39, 0.29) is 0 Å². The fraction of sp³-hybridized carbons (Fsp3) is 0.286. The Morgan fingerprint density at radius 3 is 2.00 bits per heavy atom. The van der Waals surface area contributed by atoms with Gasteiger partial charge in [0, 0.05) is 19.4 Å². The van der Waals surface area contributed by atoms with Crippen LogP contribution in [0.1, 0.15) is 25.0 Å². The van der Waals surface area contributed by atoms with Gasteiger partial charge in [-0.3, -0.25) is 0 Å². The molecule has 1 fully saturated rings. The Kier molecular flexibility index (Phi) is 3.06. The Morgan fingerprint density at radius 1 is 1.05 bits per heavy atom. The SMILES string of the molecule is Cc1ccc(C(O)=C2C(=O)OC(C)(C)OC2=O)cc1. The first-order chi connectivity index (χ1) is 8.80. The third kappa shape index (κ3) is 2.59. The van der Waals surface area contributed by atoms with Gasteiger partial charge >= 0.3 is 11.9 Å². The highest BCUT2D eigenvalue weighted by molar-refractivity contribution is 6.20. The number of hydrogen-bond acceptors (Lipinski definition) is 5. The number of carbonyl (C=O) groups is 2. The maximum atomic E-state index is 11.8. The van der Waals surface area contributed by atoms with E-state index in [0.29, 0.717) is 5.56 Å². The third-order valence-electron chi connectivity index (χ3n) is 2.65. The van der Waals surface area contributed by atoms with Gasteiger partial charge in [-0.1, -0.05) is 29.8 Å². The largest absolute Gasteiger partial charge is 0.506 e. The summed E-state index contributed by atoms with van der Waals surface area (Å²) in [7, 11) is 0. The lowest BCUT2D eigenvalue weighted by molar-refractivity contribution is -0.222. The number of aliphatic hydroxyl groups is 1. The molecule has 0 amide bonds. The molecule has 1 heterocycles. The molecule has 0 bridgehead atoms. The fourth-order valence-electron chi connectivity index (χ4n) is 1.70. The number of ether oxygens (including phenoxy) is 2. The van der Waals surface area contributed by atoms with Gasteiger partial charge in [0.25, 0.3) is 5.79 Å². The molecule has 1 N–H and O–H groups in total. The first-order valence-electron chi connectivity index (χ1n) is 5.77. The lowest BCUT2D eigenvalue weighted by atomic mass is 10.1. The highest BCUT2D eigenvalue weighted by Crippen LogP contribution is 2.27. The highest BCUT2D eigenvalue weighted by Gasteiger charge is 2.41. The van der Waals surface area contributed by atoms with Crippen LogP contribution in [-0.4, -0.2) is 22.8 Å². The van der Waals surface area contributed by atoms with Gasteiger partial charge < -0.3 is 14.6 Å². The summed E-state index contributed by atoms with van der Waals surface area (Å²) in [5.41, 5.74) is 0.869. The van der Waals surface area contributed by atoms with E-state index < -0.39 is 29.1 Å². The summed E-state index contributed by atoms with van der Waals surface area (Å²) in [4.78, 5) is 23.5. The fourth-order valence-corrected chi connectivity index (χ4v) is 1.70. The number of benzene rings is 1. The molecule has 1 aromatic rings. The Bertz CT molecular complexity index is 544. The molecule has 0 saturated carbocycles. The van der Waals surface area contributed by atoms with Gasteiger partial charge in [0.1, 0.15) is 5.76 Å². The monoisotopic (exact) mass is 262 g/mol. The van der Waals surface area contributed by atoms with Crippen molar-refractivity contribution in [2.24, 2.45) is 0 Å². The minimum atomic E-state index is -1.31. The van der Waals surface area contributed by atoms with Crippen LogP contribution in [0.3, 0.4) is 0 Å². The van der Waals surface area contributed by atoms with Crippen LogP contribution in [0.5, 0.6) is 0 Å². The summed E-state index contributed by atoms with van der Waals surface area (Å²) in [6.45, 7) is 4.78. The van der Waals surface area contributed by atoms with Crippen LogP contribution in [0.2, 0.25) is 0 Å². The van der Waals surface area contributed by atoms with Crippen molar-refractivity contribution in [3.8, 4) is 0 Å². The maximum Gasteiger partial charge on any atom is 0.352 e. The smallest absolute Gasteiger partial charge is 0.352 e. The van der Waals surface area contributed by atoms with E-state index in [9.17, 15) is 14.7 Å². The van der Waals surface area contributed by atoms with Gasteiger partial charge in [-0.05, 0) is 6.92 Å². The Labute approximate surface area is 110 Å². The molecule has 100 valence electrons. The number of aryl methyl sites for hydroxylation is 1. The van der Waals surface area contributed by atoms with E-state index in [0.717, 1.165) is 5.56 Å². The molecule has 5 heteroatoms. The summed E-state index contributed by atoms with van der Waals surface area (Å²) < 4.78 is 9.85. The van der Waals surface area contributed by atoms with Crippen LogP contribution in [0.15, 0.2) is 29.8 Å². The molecule has 0 atom stereocenters. The van der Waals surface area contributed by atoms with Crippen LogP contribution in [-0.2, 0) is 19.1 Å². The van der Waals surface area contributed by atoms with Crippen molar-refractivity contribution >= 4 is 17.7 Å². The summed E-state index contributed by atoms with van der Waals surface area (Å²) in [5.74, 6) is -3.53. The molecule has 0 spiro atoms. The second kappa shape index (κ2) is 4.42. The Balaban J connectivity index is 2.43. The quantitative estimate of drug-likeness (QED) is 0.363. The predicted molar refractivity (Wildman–Crippen MR) is 67.0 cm³/mol. The number of esters is 2. The number of carbonyl (C=O) groups excluding carboxylic acids is 2. The lowest BCUT2D eigenvalue weighted by Crippen LogP contribution is -2.42. The molecule has 1 aromatic carbocycles. The molecule has 1 saturated heterocycles. The van der Waals surface area contributed by atoms with Crippen molar-refractivity contribution in [3.05, 3.63) is 41.0 Å². The zero-order chi connectivity index (χ0) is 14.2. The zero-order valence-corrected chi connectivity index (χ0v) is 10.9. The van der Waals surface area contributed by atoms with Crippen LogP contribution in [0.25, 0.3) is 5.76 Å². The van der Waals surface area contributed by atoms with Crippen LogP contribution in [0, 0.1) is 6.92 Å². The van der Waals surface area contributed by atoms with Crippen LogP contribution >= 0.6 is 0 Å². The van der Waals surface area contributed by atoms with E-state index in [1.54, 1.807) is 24.3 Å². The number of hydrogen-bond donors (Lipinski definition) is 1. The average molecular weight is 262 g/mol. The second-order valence-electron chi connectivity index (χ2n) is 4.77. The average Bonchev–Trinajstić information content (AvgIpc) is 2.26. The molecular formula is C14H14O5. The molecule has 1 aliphatic rings. The van der Waals surface area contributed by atoms with Crippen LogP contribution in [0.4, 0.5) is 0 Å². The topological polar surface area (TPSA) is 72.8 Å². The first kappa shape index (κ1) is 13.1. The van der Waals surface area contributed by atoms with Crippen molar-refractivity contribution in [2.75, 3.05) is 0 Å². The van der Waals surface area contributed by atoms with Crippen molar-refractivity contribution in [3.63, 3.8) is 0 Å². The third-order valence-corrected chi connectivity index (χ3v) is 2.65. The van der Waals surface area contributed by atoms with E-state index >= 15 is 0 Å². The lowest BCUT2D eigenvalue weighted by Gasteiger charge is -2.30. The van der Waals surface area contributed by atoms with Gasteiger partial charge in [-0.2, -0.15) is 0 Å². The normalized spacial score (nSPS) is 17.7. The van der Waals surface area contributed by atoms with Crippen molar-refractivity contribution in [1.29, 1.82) is 0 Å². The Hall–Kier alpha value is -2.30. The van der Waals surface area contributed by atoms with Gasteiger partial charge in [-0.15, -0.1) is 0 Å². The standard InChI is InChI=1S/C14H14O5/c1-8-4-6-9(7-5-8)11(15)10-12(16)18-14(2,3)19-13(10)17/h4-7,15H,1-3H3. The number of rotatable bonds is 1. The van der Waals surface area contributed by atoms with Gasteiger partial charge in [0.05, 0.1) is 0 Å². The zero-order valence-electron chi connectivity index (χ0n) is 10.9. The van der Waals surface area contributed by atoms with Crippen molar-refractivity contribution in [1.82, 2.24) is 0 Å². The molecule has 19 heavy (non-hydrogen) atoms. The number of aliphatic hydroxyl groups excluding tert-OH is 1. The minimum Gasteiger partial charge on any atom is -0.506 e. The molecule has 0 unspecified atom stereocenters. The summed E-state index contributed by atoms with van der Waals surface area (Å²) in [6.07, 6.45) is 0. The minimum absolute atomic E-state index is 0.356. The van der Waals surface area contributed by atoms with Gasteiger partial charge in [-0.25, -0.2) is 9.59 Å². The molecule has 0 radical (unpaired) electrons. The van der Waals surface area contributed by atoms with Crippen LogP contribution < -0.4 is 0 Å². The maximum absolute atomic E-state index is 11.8. The number of cyclic esters (lactones) is 2. The molecule has 2 rings (SSSR count). The molecule has 0 aliphatic carbocycles. The van der Waals surface area contributed by atoms with E-state index in [1.165, 1.54) is 13.8 Å². The molecule has 5 nitrogen and oxygen atoms in total.